The largest absolute Gasteiger partial charge is 0.512 e. The van der Waals surface area contributed by atoms with Gasteiger partial charge in [0.1, 0.15) is 0 Å². The van der Waals surface area contributed by atoms with Crippen LogP contribution in [-0.2, 0) is 11.2 Å². The molecule has 0 fully saturated rings. The first-order chi connectivity index (χ1) is 6.68. The fourth-order valence-corrected chi connectivity index (χ4v) is 1.79. The molecule has 2 N–H and O–H groups in total. The molecule has 1 aromatic heterocycles. The SMILES string of the molecule is N=C(CCCc1cccs1)OC(=O)O. The van der Waals surface area contributed by atoms with E-state index >= 15 is 0 Å². The Hall–Kier alpha value is -1.36. The number of thiophene rings is 1. The first-order valence-electron chi connectivity index (χ1n) is 4.19. The molecule has 0 radical (unpaired) electrons. The maximum absolute atomic E-state index is 10.0. The first-order valence-corrected chi connectivity index (χ1v) is 5.07. The van der Waals surface area contributed by atoms with Crippen molar-refractivity contribution in [3.05, 3.63) is 22.4 Å². The Morgan fingerprint density at radius 1 is 1.64 bits per heavy atom. The summed E-state index contributed by atoms with van der Waals surface area (Å²) in [5, 5.41) is 17.3. The summed E-state index contributed by atoms with van der Waals surface area (Å²) in [6.07, 6.45) is 0.561. The highest BCUT2D eigenvalue weighted by molar-refractivity contribution is 7.09. The van der Waals surface area contributed by atoms with Crippen LogP contribution in [0.3, 0.4) is 0 Å². The lowest BCUT2D eigenvalue weighted by molar-refractivity contribution is 0.139. The van der Waals surface area contributed by atoms with Gasteiger partial charge in [-0.1, -0.05) is 6.07 Å². The molecule has 76 valence electrons. The minimum Gasteiger partial charge on any atom is -0.449 e. The van der Waals surface area contributed by atoms with Crippen LogP contribution in [0, 0.1) is 5.41 Å². The van der Waals surface area contributed by atoms with E-state index in [0.717, 1.165) is 12.8 Å². The van der Waals surface area contributed by atoms with E-state index in [-0.39, 0.29) is 5.90 Å². The van der Waals surface area contributed by atoms with E-state index in [2.05, 4.69) is 4.74 Å². The highest BCUT2D eigenvalue weighted by Crippen LogP contribution is 2.12. The lowest BCUT2D eigenvalue weighted by atomic mass is 10.2. The van der Waals surface area contributed by atoms with Gasteiger partial charge in [-0.25, -0.2) is 4.79 Å². The third-order valence-corrected chi connectivity index (χ3v) is 2.55. The molecular weight excluding hydrogens is 202 g/mol. The average Bonchev–Trinajstić information content (AvgIpc) is 2.55. The van der Waals surface area contributed by atoms with Crippen LogP contribution in [0.4, 0.5) is 4.79 Å². The van der Waals surface area contributed by atoms with Crippen molar-refractivity contribution in [2.75, 3.05) is 0 Å². The maximum atomic E-state index is 10.0. The molecule has 0 amide bonds. The zero-order valence-electron chi connectivity index (χ0n) is 7.53. The minimum atomic E-state index is -1.41. The van der Waals surface area contributed by atoms with Crippen LogP contribution < -0.4 is 0 Å². The summed E-state index contributed by atoms with van der Waals surface area (Å²) >= 11 is 1.66. The molecular formula is C9H11NO3S. The van der Waals surface area contributed by atoms with Gasteiger partial charge in [-0.15, -0.1) is 11.3 Å². The molecule has 0 aliphatic rings. The van der Waals surface area contributed by atoms with Gasteiger partial charge < -0.3 is 9.84 Å². The second kappa shape index (κ2) is 5.39. The van der Waals surface area contributed by atoms with Crippen LogP contribution in [0.1, 0.15) is 17.7 Å². The van der Waals surface area contributed by atoms with E-state index in [4.69, 9.17) is 10.5 Å². The van der Waals surface area contributed by atoms with E-state index in [1.54, 1.807) is 11.3 Å². The van der Waals surface area contributed by atoms with Crippen molar-refractivity contribution in [2.45, 2.75) is 19.3 Å². The van der Waals surface area contributed by atoms with Gasteiger partial charge in [0.2, 0.25) is 0 Å². The Bertz CT molecular complexity index is 308. The number of nitrogens with one attached hydrogen (secondary N) is 1. The number of carboxylic acid groups (broad SMARTS) is 1. The molecule has 1 heterocycles. The highest BCUT2D eigenvalue weighted by Gasteiger charge is 2.04. The number of aryl methyl sites for hydroxylation is 1. The van der Waals surface area contributed by atoms with Gasteiger partial charge in [0.15, 0.2) is 5.90 Å². The number of hydrogen-bond acceptors (Lipinski definition) is 4. The number of rotatable bonds is 4. The summed E-state index contributed by atoms with van der Waals surface area (Å²) < 4.78 is 4.17. The van der Waals surface area contributed by atoms with Gasteiger partial charge in [0.05, 0.1) is 0 Å². The summed E-state index contributed by atoms with van der Waals surface area (Å²) in [7, 11) is 0. The van der Waals surface area contributed by atoms with Crippen LogP contribution >= 0.6 is 11.3 Å². The van der Waals surface area contributed by atoms with Gasteiger partial charge >= 0.3 is 6.16 Å². The molecule has 1 aromatic rings. The van der Waals surface area contributed by atoms with Crippen molar-refractivity contribution in [2.24, 2.45) is 0 Å². The number of ether oxygens (including phenoxy) is 1. The van der Waals surface area contributed by atoms with E-state index < -0.39 is 6.16 Å². The van der Waals surface area contributed by atoms with Crippen molar-refractivity contribution in [1.82, 2.24) is 0 Å². The third-order valence-electron chi connectivity index (χ3n) is 1.62. The quantitative estimate of drug-likeness (QED) is 0.459. The summed E-state index contributed by atoms with van der Waals surface area (Å²) in [5.74, 6) is -0.186. The van der Waals surface area contributed by atoms with Gasteiger partial charge in [-0.2, -0.15) is 0 Å². The Morgan fingerprint density at radius 2 is 2.43 bits per heavy atom. The Kier molecular flexibility index (Phi) is 4.12. The molecule has 0 unspecified atom stereocenters. The molecule has 4 nitrogen and oxygen atoms in total. The minimum absolute atomic E-state index is 0.186. The molecule has 0 aliphatic heterocycles. The zero-order chi connectivity index (χ0) is 10.4. The topological polar surface area (TPSA) is 70.4 Å². The molecule has 5 heteroatoms. The second-order valence-corrected chi connectivity index (χ2v) is 3.76. The van der Waals surface area contributed by atoms with Crippen LogP contribution in [-0.4, -0.2) is 17.2 Å². The predicted molar refractivity (Wildman–Crippen MR) is 54.1 cm³/mol. The zero-order valence-corrected chi connectivity index (χ0v) is 8.34. The van der Waals surface area contributed by atoms with Crippen molar-refractivity contribution in [3.63, 3.8) is 0 Å². The lowest BCUT2D eigenvalue weighted by Gasteiger charge is -2.00. The molecule has 1 rings (SSSR count). The Morgan fingerprint density at radius 3 is 3.00 bits per heavy atom. The Balaban J connectivity index is 2.15. The summed E-state index contributed by atoms with van der Waals surface area (Å²) in [5.41, 5.74) is 0. The van der Waals surface area contributed by atoms with Crippen LogP contribution in [0.5, 0.6) is 0 Å². The number of hydrogen-bond donors (Lipinski definition) is 2. The van der Waals surface area contributed by atoms with E-state index in [0.29, 0.717) is 6.42 Å². The van der Waals surface area contributed by atoms with Gasteiger partial charge in [-0.3, -0.25) is 5.41 Å². The standard InChI is InChI=1S/C9H11NO3S/c10-8(13-9(11)12)5-1-3-7-4-2-6-14-7/h2,4,6,10H,1,3,5H2,(H,11,12). The fraction of sp³-hybridized carbons (Fsp3) is 0.333. The smallest absolute Gasteiger partial charge is 0.449 e. The van der Waals surface area contributed by atoms with E-state index in [1.807, 2.05) is 17.5 Å². The van der Waals surface area contributed by atoms with Gasteiger partial charge in [0.25, 0.3) is 0 Å². The normalized spacial score (nSPS) is 9.71. The highest BCUT2D eigenvalue weighted by atomic mass is 32.1. The molecule has 0 atom stereocenters. The Labute approximate surface area is 85.7 Å². The average molecular weight is 213 g/mol. The van der Waals surface area contributed by atoms with Crippen LogP contribution in [0.25, 0.3) is 0 Å². The van der Waals surface area contributed by atoms with Gasteiger partial charge in [-0.05, 0) is 24.3 Å². The molecule has 0 saturated heterocycles. The van der Waals surface area contributed by atoms with Crippen molar-refractivity contribution in [3.8, 4) is 0 Å². The van der Waals surface area contributed by atoms with Crippen molar-refractivity contribution < 1.29 is 14.6 Å². The molecule has 14 heavy (non-hydrogen) atoms. The second-order valence-electron chi connectivity index (χ2n) is 2.72. The summed E-state index contributed by atoms with van der Waals surface area (Å²) in [4.78, 5) is 11.3. The molecule has 0 bridgehead atoms. The summed E-state index contributed by atoms with van der Waals surface area (Å²) in [6, 6.07) is 3.99. The van der Waals surface area contributed by atoms with Crippen LogP contribution in [0.15, 0.2) is 17.5 Å². The number of carbonyl (C=O) groups is 1. The third kappa shape index (κ3) is 4.04. The summed E-state index contributed by atoms with van der Waals surface area (Å²) in [6.45, 7) is 0. The first kappa shape index (κ1) is 10.7. The predicted octanol–water partition coefficient (Wildman–Crippen LogP) is 2.74. The van der Waals surface area contributed by atoms with E-state index in [9.17, 15) is 4.79 Å². The van der Waals surface area contributed by atoms with Gasteiger partial charge in [0, 0.05) is 11.3 Å². The monoisotopic (exact) mass is 213 g/mol. The maximum Gasteiger partial charge on any atom is 0.512 e. The van der Waals surface area contributed by atoms with Crippen LogP contribution in [0.2, 0.25) is 0 Å². The fourth-order valence-electron chi connectivity index (χ4n) is 1.03. The molecule has 0 saturated carbocycles. The lowest BCUT2D eigenvalue weighted by Crippen LogP contribution is -2.08. The van der Waals surface area contributed by atoms with E-state index in [1.165, 1.54) is 4.88 Å². The van der Waals surface area contributed by atoms with Crippen molar-refractivity contribution >= 4 is 23.4 Å². The van der Waals surface area contributed by atoms with Crippen molar-refractivity contribution in [1.29, 1.82) is 5.41 Å². The molecule has 0 aliphatic carbocycles. The molecule has 0 spiro atoms. The molecule has 0 aromatic carbocycles.